The van der Waals surface area contributed by atoms with Crippen LogP contribution in [0, 0.1) is 16.7 Å². The summed E-state index contributed by atoms with van der Waals surface area (Å²) in [5.41, 5.74) is -0.482. The maximum atomic E-state index is 8.76. The van der Waals surface area contributed by atoms with Crippen LogP contribution in [0.1, 0.15) is 34.1 Å². The Morgan fingerprint density at radius 2 is 1.82 bits per heavy atom. The molecule has 0 saturated heterocycles. The molecule has 0 aromatic rings. The van der Waals surface area contributed by atoms with E-state index in [0.29, 0.717) is 0 Å². The molecule has 11 heavy (non-hydrogen) atoms. The lowest BCUT2D eigenvalue weighted by atomic mass is 9.82. The Balaban J connectivity index is 4.35. The molecule has 1 unspecified atom stereocenters. The van der Waals surface area contributed by atoms with Gasteiger partial charge in [0.2, 0.25) is 0 Å². The Morgan fingerprint density at radius 1 is 1.36 bits per heavy atom. The maximum absolute atomic E-state index is 8.76. The third-order valence-corrected chi connectivity index (χ3v) is 1.46. The van der Waals surface area contributed by atoms with Gasteiger partial charge in [-0.2, -0.15) is 5.26 Å². The molecular weight excluding hydrogens is 136 g/mol. The fourth-order valence-corrected chi connectivity index (χ4v) is 1.16. The number of aliphatic imine (C=N–C) groups is 1. The molecular formula is C9H16N2. The second kappa shape index (κ2) is 3.04. The van der Waals surface area contributed by atoms with Crippen LogP contribution in [0.2, 0.25) is 0 Å². The number of nitriles is 1. The van der Waals surface area contributed by atoms with Gasteiger partial charge in [0, 0.05) is 0 Å². The van der Waals surface area contributed by atoms with Crippen LogP contribution in [0.3, 0.4) is 0 Å². The van der Waals surface area contributed by atoms with Crippen molar-refractivity contribution in [1.82, 2.24) is 0 Å². The van der Waals surface area contributed by atoms with Gasteiger partial charge in [-0.3, -0.25) is 4.99 Å². The van der Waals surface area contributed by atoms with E-state index in [1.165, 1.54) is 0 Å². The summed E-state index contributed by atoms with van der Waals surface area (Å²) in [6.45, 7) is 11.5. The van der Waals surface area contributed by atoms with Crippen molar-refractivity contribution >= 4 is 6.72 Å². The molecule has 0 amide bonds. The smallest absolute Gasteiger partial charge is 0.143 e. The quantitative estimate of drug-likeness (QED) is 0.560. The van der Waals surface area contributed by atoms with Crippen LogP contribution in [0.25, 0.3) is 0 Å². The van der Waals surface area contributed by atoms with E-state index in [1.807, 2.05) is 6.92 Å². The second-order valence-corrected chi connectivity index (χ2v) is 4.28. The molecule has 0 aliphatic carbocycles. The maximum Gasteiger partial charge on any atom is 0.143 e. The van der Waals surface area contributed by atoms with E-state index in [4.69, 9.17) is 5.26 Å². The van der Waals surface area contributed by atoms with Crippen molar-refractivity contribution in [2.24, 2.45) is 10.4 Å². The Kier molecular flexibility index (Phi) is 2.81. The summed E-state index contributed by atoms with van der Waals surface area (Å²) in [5.74, 6) is 0. The van der Waals surface area contributed by atoms with E-state index in [-0.39, 0.29) is 5.41 Å². The van der Waals surface area contributed by atoms with Gasteiger partial charge >= 0.3 is 0 Å². The lowest BCUT2D eigenvalue weighted by molar-refractivity contribution is 0.314. The van der Waals surface area contributed by atoms with E-state index >= 15 is 0 Å². The molecule has 0 heterocycles. The van der Waals surface area contributed by atoms with Gasteiger partial charge in [-0.25, -0.2) is 0 Å². The lowest BCUT2D eigenvalue weighted by Crippen LogP contribution is -2.26. The number of nitrogens with zero attached hydrogens (tertiary/aromatic N) is 2. The minimum absolute atomic E-state index is 0.131. The molecule has 2 heteroatoms. The van der Waals surface area contributed by atoms with Crippen LogP contribution in [0.5, 0.6) is 0 Å². The normalized spacial score (nSPS) is 16.6. The SMILES string of the molecule is C=NC(C)(C#N)CC(C)(C)C. The van der Waals surface area contributed by atoms with Crippen molar-refractivity contribution in [1.29, 1.82) is 5.26 Å². The molecule has 1 atom stereocenters. The van der Waals surface area contributed by atoms with Crippen LogP contribution in [-0.2, 0) is 0 Å². The van der Waals surface area contributed by atoms with Gasteiger partial charge in [-0.15, -0.1) is 0 Å². The largest absolute Gasteiger partial charge is 0.279 e. The van der Waals surface area contributed by atoms with Gasteiger partial charge < -0.3 is 0 Å². The van der Waals surface area contributed by atoms with Crippen molar-refractivity contribution in [3.63, 3.8) is 0 Å². The van der Waals surface area contributed by atoms with Crippen molar-refractivity contribution in [2.75, 3.05) is 0 Å². The Bertz CT molecular complexity index is 183. The first-order valence-corrected chi connectivity index (χ1v) is 3.72. The summed E-state index contributed by atoms with van der Waals surface area (Å²) in [5, 5.41) is 8.76. The van der Waals surface area contributed by atoms with E-state index in [1.54, 1.807) is 0 Å². The van der Waals surface area contributed by atoms with Crippen LogP contribution in [0.4, 0.5) is 0 Å². The molecule has 0 aromatic carbocycles. The Morgan fingerprint density at radius 3 is 1.91 bits per heavy atom. The lowest BCUT2D eigenvalue weighted by Gasteiger charge is -2.26. The van der Waals surface area contributed by atoms with E-state index in [2.05, 4.69) is 38.6 Å². The second-order valence-electron chi connectivity index (χ2n) is 4.28. The third kappa shape index (κ3) is 3.77. The molecule has 0 aromatic heterocycles. The van der Waals surface area contributed by atoms with E-state index < -0.39 is 5.54 Å². The van der Waals surface area contributed by atoms with Gasteiger partial charge in [0.15, 0.2) is 0 Å². The van der Waals surface area contributed by atoms with Crippen molar-refractivity contribution in [3.05, 3.63) is 0 Å². The zero-order chi connectivity index (χ0) is 9.12. The fourth-order valence-electron chi connectivity index (χ4n) is 1.16. The zero-order valence-corrected chi connectivity index (χ0v) is 7.81. The van der Waals surface area contributed by atoms with Gasteiger partial charge in [-0.1, -0.05) is 20.8 Å². The summed E-state index contributed by atoms with van der Waals surface area (Å²) < 4.78 is 0. The summed E-state index contributed by atoms with van der Waals surface area (Å²) in [6, 6.07) is 2.16. The molecule has 0 saturated carbocycles. The van der Waals surface area contributed by atoms with Crippen LogP contribution in [-0.4, -0.2) is 12.3 Å². The monoisotopic (exact) mass is 152 g/mol. The molecule has 0 fully saturated rings. The fraction of sp³-hybridized carbons (Fsp3) is 0.778. The topological polar surface area (TPSA) is 36.1 Å². The average molecular weight is 152 g/mol. The highest BCUT2D eigenvalue weighted by molar-refractivity contribution is 5.28. The molecule has 62 valence electrons. The van der Waals surface area contributed by atoms with E-state index in [9.17, 15) is 0 Å². The standard InChI is InChI=1S/C9H16N2/c1-8(2,3)6-9(4,7-10)11-5/h5-6H2,1-4H3. The van der Waals surface area contributed by atoms with Crippen molar-refractivity contribution in [2.45, 2.75) is 39.7 Å². The summed E-state index contributed by atoms with van der Waals surface area (Å²) in [6.07, 6.45) is 0.750. The van der Waals surface area contributed by atoms with Crippen molar-refractivity contribution in [3.8, 4) is 6.07 Å². The Hall–Kier alpha value is -0.840. The molecule has 0 radical (unpaired) electrons. The highest BCUT2D eigenvalue weighted by atomic mass is 14.8. The van der Waals surface area contributed by atoms with E-state index in [0.717, 1.165) is 6.42 Å². The summed E-state index contributed by atoms with van der Waals surface area (Å²) >= 11 is 0. The molecule has 0 N–H and O–H groups in total. The van der Waals surface area contributed by atoms with Crippen LogP contribution < -0.4 is 0 Å². The molecule has 0 rings (SSSR count). The predicted molar refractivity (Wildman–Crippen MR) is 47.6 cm³/mol. The van der Waals surface area contributed by atoms with Gasteiger partial charge in [0.05, 0.1) is 6.07 Å². The summed E-state index contributed by atoms with van der Waals surface area (Å²) in [4.78, 5) is 3.81. The predicted octanol–water partition coefficient (Wildman–Crippen LogP) is 2.41. The molecule has 0 bridgehead atoms. The number of rotatable bonds is 2. The first-order valence-electron chi connectivity index (χ1n) is 3.72. The van der Waals surface area contributed by atoms with Crippen LogP contribution >= 0.6 is 0 Å². The van der Waals surface area contributed by atoms with Crippen molar-refractivity contribution < 1.29 is 0 Å². The molecule has 0 aliphatic heterocycles. The summed E-state index contributed by atoms with van der Waals surface area (Å²) in [7, 11) is 0. The number of hydrogen-bond acceptors (Lipinski definition) is 2. The average Bonchev–Trinajstić information content (AvgIpc) is 1.84. The Labute approximate surface area is 68.9 Å². The molecule has 0 aliphatic rings. The minimum atomic E-state index is -0.613. The van der Waals surface area contributed by atoms with Gasteiger partial charge in [0.25, 0.3) is 0 Å². The number of hydrogen-bond donors (Lipinski definition) is 0. The third-order valence-electron chi connectivity index (χ3n) is 1.46. The first-order chi connectivity index (χ1) is 4.83. The van der Waals surface area contributed by atoms with Crippen LogP contribution in [0.15, 0.2) is 4.99 Å². The molecule has 0 spiro atoms. The highest BCUT2D eigenvalue weighted by Gasteiger charge is 2.27. The minimum Gasteiger partial charge on any atom is -0.279 e. The highest BCUT2D eigenvalue weighted by Crippen LogP contribution is 2.28. The first kappa shape index (κ1) is 10.2. The van der Waals surface area contributed by atoms with Gasteiger partial charge in [0.1, 0.15) is 5.54 Å². The van der Waals surface area contributed by atoms with Gasteiger partial charge in [-0.05, 0) is 25.5 Å². The molecule has 2 nitrogen and oxygen atoms in total. The zero-order valence-electron chi connectivity index (χ0n) is 7.81.